The van der Waals surface area contributed by atoms with Gasteiger partial charge in [-0.15, -0.1) is 0 Å². The molecule has 1 aliphatic heterocycles. The average Bonchev–Trinajstić information content (AvgIpc) is 2.84. The first-order valence-corrected chi connectivity index (χ1v) is 8.14. The van der Waals surface area contributed by atoms with Crippen molar-refractivity contribution in [2.24, 2.45) is 11.8 Å². The molecule has 0 bridgehead atoms. The molecule has 116 valence electrons. The van der Waals surface area contributed by atoms with E-state index in [1.165, 1.54) is 5.56 Å². The van der Waals surface area contributed by atoms with E-state index >= 15 is 0 Å². The standard InChI is InChI=1S/C16H22BrNO3/c1-10(2)5-13(16(19)20)9-18-8-12-7-14(17)6-11-3-4-21-15(11)12/h6-7,10,13,18H,3-5,8-9H2,1-2H3,(H,19,20). The number of carboxylic acid groups (broad SMARTS) is 1. The number of carboxylic acids is 1. The van der Waals surface area contributed by atoms with Crippen molar-refractivity contribution in [2.45, 2.75) is 33.2 Å². The number of rotatable bonds is 7. The number of nitrogens with one attached hydrogen (secondary N) is 1. The minimum absolute atomic E-state index is 0.342. The summed E-state index contributed by atoms with van der Waals surface area (Å²) in [5.74, 6) is 0.269. The Hall–Kier alpha value is -1.07. The summed E-state index contributed by atoms with van der Waals surface area (Å²) in [6.45, 7) is 5.93. The minimum atomic E-state index is -0.730. The second kappa shape index (κ2) is 7.27. The van der Waals surface area contributed by atoms with Crippen molar-refractivity contribution >= 4 is 21.9 Å². The Morgan fingerprint density at radius 2 is 2.24 bits per heavy atom. The van der Waals surface area contributed by atoms with E-state index in [0.717, 1.165) is 28.8 Å². The van der Waals surface area contributed by atoms with Gasteiger partial charge in [-0.25, -0.2) is 0 Å². The maximum Gasteiger partial charge on any atom is 0.307 e. The van der Waals surface area contributed by atoms with E-state index in [1.807, 2.05) is 19.9 Å². The molecule has 1 aromatic carbocycles. The van der Waals surface area contributed by atoms with Crippen LogP contribution in [0.3, 0.4) is 0 Å². The highest BCUT2D eigenvalue weighted by molar-refractivity contribution is 9.10. The second-order valence-electron chi connectivity index (χ2n) is 5.95. The average molecular weight is 356 g/mol. The van der Waals surface area contributed by atoms with Gasteiger partial charge in [-0.05, 0) is 30.0 Å². The lowest BCUT2D eigenvalue weighted by Crippen LogP contribution is -2.29. The van der Waals surface area contributed by atoms with Crippen LogP contribution in [0.25, 0.3) is 0 Å². The normalized spacial score (nSPS) is 14.9. The molecule has 1 heterocycles. The Bertz CT molecular complexity index is 516. The third kappa shape index (κ3) is 4.45. The molecule has 0 fully saturated rings. The van der Waals surface area contributed by atoms with Crippen LogP contribution in [0.2, 0.25) is 0 Å². The zero-order valence-electron chi connectivity index (χ0n) is 12.5. The maximum absolute atomic E-state index is 11.2. The molecule has 21 heavy (non-hydrogen) atoms. The summed E-state index contributed by atoms with van der Waals surface area (Å²) in [6.07, 6.45) is 1.63. The van der Waals surface area contributed by atoms with Gasteiger partial charge in [-0.3, -0.25) is 4.79 Å². The van der Waals surface area contributed by atoms with Gasteiger partial charge in [0.15, 0.2) is 0 Å². The predicted octanol–water partition coefficient (Wildman–Crippen LogP) is 3.22. The highest BCUT2D eigenvalue weighted by Crippen LogP contribution is 2.32. The van der Waals surface area contributed by atoms with Crippen molar-refractivity contribution in [2.75, 3.05) is 13.2 Å². The molecule has 0 amide bonds. The first-order chi connectivity index (χ1) is 9.97. The number of halogens is 1. The molecule has 2 N–H and O–H groups in total. The van der Waals surface area contributed by atoms with Crippen LogP contribution in [0.1, 0.15) is 31.4 Å². The summed E-state index contributed by atoms with van der Waals surface area (Å²) in [5.41, 5.74) is 2.31. The molecule has 0 aliphatic carbocycles. The van der Waals surface area contributed by atoms with Crippen molar-refractivity contribution in [3.05, 3.63) is 27.7 Å². The first-order valence-electron chi connectivity index (χ1n) is 7.35. The van der Waals surface area contributed by atoms with E-state index in [0.29, 0.717) is 25.4 Å². The Labute approximate surface area is 134 Å². The van der Waals surface area contributed by atoms with E-state index < -0.39 is 5.97 Å². The fourth-order valence-electron chi connectivity index (χ4n) is 2.70. The van der Waals surface area contributed by atoms with E-state index in [2.05, 4.69) is 27.3 Å². The summed E-state index contributed by atoms with van der Waals surface area (Å²) < 4.78 is 6.72. The Morgan fingerprint density at radius 1 is 1.48 bits per heavy atom. The van der Waals surface area contributed by atoms with E-state index in [1.54, 1.807) is 0 Å². The fourth-order valence-corrected chi connectivity index (χ4v) is 3.25. The Morgan fingerprint density at radius 3 is 2.90 bits per heavy atom. The molecular weight excluding hydrogens is 334 g/mol. The van der Waals surface area contributed by atoms with Gasteiger partial charge < -0.3 is 15.2 Å². The number of benzene rings is 1. The highest BCUT2D eigenvalue weighted by atomic mass is 79.9. The number of aliphatic carboxylic acids is 1. The zero-order chi connectivity index (χ0) is 15.4. The molecule has 0 saturated carbocycles. The van der Waals surface area contributed by atoms with Crippen LogP contribution in [0, 0.1) is 11.8 Å². The smallest absolute Gasteiger partial charge is 0.307 e. The number of hydrogen-bond acceptors (Lipinski definition) is 3. The Kier molecular flexibility index (Phi) is 5.65. The monoisotopic (exact) mass is 355 g/mol. The van der Waals surface area contributed by atoms with Crippen LogP contribution in [-0.2, 0) is 17.8 Å². The number of carbonyl (C=O) groups is 1. The van der Waals surface area contributed by atoms with Crippen molar-refractivity contribution in [3.63, 3.8) is 0 Å². The van der Waals surface area contributed by atoms with Gasteiger partial charge in [-0.1, -0.05) is 29.8 Å². The summed E-state index contributed by atoms with van der Waals surface area (Å²) >= 11 is 3.52. The van der Waals surface area contributed by atoms with Crippen molar-refractivity contribution in [1.82, 2.24) is 5.32 Å². The molecule has 5 heteroatoms. The molecule has 1 unspecified atom stereocenters. The van der Waals surface area contributed by atoms with Crippen LogP contribution in [0.15, 0.2) is 16.6 Å². The largest absolute Gasteiger partial charge is 0.493 e. The maximum atomic E-state index is 11.2. The van der Waals surface area contributed by atoms with E-state index in [4.69, 9.17) is 4.74 Å². The summed E-state index contributed by atoms with van der Waals surface area (Å²) in [5, 5.41) is 12.5. The number of fused-ring (bicyclic) bond motifs is 1. The molecule has 1 aliphatic rings. The lowest BCUT2D eigenvalue weighted by molar-refractivity contribution is -0.142. The van der Waals surface area contributed by atoms with Gasteiger partial charge in [0.05, 0.1) is 12.5 Å². The highest BCUT2D eigenvalue weighted by Gasteiger charge is 2.20. The third-order valence-electron chi connectivity index (χ3n) is 3.64. The predicted molar refractivity (Wildman–Crippen MR) is 85.6 cm³/mol. The van der Waals surface area contributed by atoms with Gasteiger partial charge >= 0.3 is 5.97 Å². The van der Waals surface area contributed by atoms with Crippen molar-refractivity contribution in [3.8, 4) is 5.75 Å². The third-order valence-corrected chi connectivity index (χ3v) is 4.09. The van der Waals surface area contributed by atoms with Gasteiger partial charge in [-0.2, -0.15) is 0 Å². The molecular formula is C16H22BrNO3. The first kappa shape index (κ1) is 16.3. The number of ether oxygens (including phenoxy) is 1. The van der Waals surface area contributed by atoms with Gasteiger partial charge in [0.1, 0.15) is 5.75 Å². The second-order valence-corrected chi connectivity index (χ2v) is 6.86. The van der Waals surface area contributed by atoms with Crippen LogP contribution >= 0.6 is 15.9 Å². The van der Waals surface area contributed by atoms with Crippen molar-refractivity contribution < 1.29 is 14.6 Å². The molecule has 4 nitrogen and oxygen atoms in total. The van der Waals surface area contributed by atoms with Crippen LogP contribution in [0.5, 0.6) is 5.75 Å². The summed E-state index contributed by atoms with van der Waals surface area (Å²) in [6, 6.07) is 4.13. The summed E-state index contributed by atoms with van der Waals surface area (Å²) in [4.78, 5) is 11.2. The quantitative estimate of drug-likeness (QED) is 0.788. The molecule has 0 aromatic heterocycles. The van der Waals surface area contributed by atoms with Crippen molar-refractivity contribution in [1.29, 1.82) is 0 Å². The topological polar surface area (TPSA) is 58.6 Å². The van der Waals surface area contributed by atoms with Gasteiger partial charge in [0.25, 0.3) is 0 Å². The van der Waals surface area contributed by atoms with Gasteiger partial charge in [0.2, 0.25) is 0 Å². The van der Waals surface area contributed by atoms with Gasteiger partial charge in [0, 0.05) is 29.5 Å². The fraction of sp³-hybridized carbons (Fsp3) is 0.562. The van der Waals surface area contributed by atoms with E-state index in [9.17, 15) is 9.90 Å². The molecule has 0 radical (unpaired) electrons. The molecule has 0 spiro atoms. The molecule has 2 rings (SSSR count). The lowest BCUT2D eigenvalue weighted by Gasteiger charge is -2.16. The molecule has 1 atom stereocenters. The zero-order valence-corrected chi connectivity index (χ0v) is 14.1. The molecule has 0 saturated heterocycles. The minimum Gasteiger partial charge on any atom is -0.493 e. The lowest BCUT2D eigenvalue weighted by atomic mass is 9.97. The van der Waals surface area contributed by atoms with E-state index in [-0.39, 0.29) is 5.92 Å². The van der Waals surface area contributed by atoms with Crippen LogP contribution in [-0.4, -0.2) is 24.2 Å². The summed E-state index contributed by atoms with van der Waals surface area (Å²) in [7, 11) is 0. The number of hydrogen-bond donors (Lipinski definition) is 2. The SMILES string of the molecule is CC(C)CC(CNCc1cc(Br)cc2c1OCC2)C(=O)O. The Balaban J connectivity index is 1.95. The van der Waals surface area contributed by atoms with Crippen LogP contribution < -0.4 is 10.1 Å². The molecule has 1 aromatic rings. The van der Waals surface area contributed by atoms with Crippen LogP contribution in [0.4, 0.5) is 0 Å².